The predicted octanol–water partition coefficient (Wildman–Crippen LogP) is 3.70. The monoisotopic (exact) mass is 403 g/mol. The second-order valence-electron chi connectivity index (χ2n) is 5.51. The maximum atomic E-state index is 15.3. The second kappa shape index (κ2) is 6.57. The van der Waals surface area contributed by atoms with E-state index in [0.717, 1.165) is 19.2 Å². The molecule has 0 bridgehead atoms. The van der Waals surface area contributed by atoms with Crippen LogP contribution in [0.25, 0.3) is 5.65 Å². The quantitative estimate of drug-likeness (QED) is 0.610. The molecule has 2 aromatic heterocycles. The molecule has 0 saturated carbocycles. The van der Waals surface area contributed by atoms with Gasteiger partial charge in [-0.3, -0.25) is 0 Å². The average molecular weight is 404 g/mol. The molecule has 0 aliphatic carbocycles. The number of hydrogen-bond donors (Lipinski definition) is 0. The lowest BCUT2D eigenvalue weighted by molar-refractivity contribution is -0.104. The zero-order chi connectivity index (χ0) is 19.1. The summed E-state index contributed by atoms with van der Waals surface area (Å²) in [5.41, 5.74) is -0.239. The van der Waals surface area contributed by atoms with Crippen molar-refractivity contribution in [2.75, 3.05) is 7.05 Å². The van der Waals surface area contributed by atoms with Crippen molar-refractivity contribution in [1.29, 1.82) is 0 Å². The largest absolute Gasteiger partial charge is 0.307 e. The predicted molar refractivity (Wildman–Crippen MR) is 90.4 cm³/mol. The van der Waals surface area contributed by atoms with Crippen molar-refractivity contribution in [1.82, 2.24) is 13.7 Å². The number of hydrogen-bond acceptors (Lipinski definition) is 3. The Morgan fingerprint density at radius 3 is 2.46 bits per heavy atom. The number of benzene rings is 1. The molecule has 1 aromatic carbocycles. The van der Waals surface area contributed by atoms with Gasteiger partial charge in [0.05, 0.1) is 4.90 Å². The zero-order valence-electron chi connectivity index (χ0n) is 13.4. The van der Waals surface area contributed by atoms with Crippen LogP contribution in [0.1, 0.15) is 5.56 Å². The molecular weight excluding hydrogens is 391 g/mol. The van der Waals surface area contributed by atoms with E-state index in [1.807, 2.05) is 0 Å². The van der Waals surface area contributed by atoms with Gasteiger partial charge in [0, 0.05) is 42.3 Å². The molecule has 0 N–H and O–H groups in total. The molecule has 2 heterocycles. The first-order valence-electron chi connectivity index (χ1n) is 7.32. The Kier molecular flexibility index (Phi) is 4.72. The van der Waals surface area contributed by atoms with Crippen molar-refractivity contribution in [3.63, 3.8) is 0 Å². The molecule has 1 atom stereocenters. The molecule has 0 saturated heterocycles. The SMILES string of the molecule is CN(C(F)(c1ccc(Cl)cc1)C(F)F)S(=O)(=O)c1ccn2ccnc2c1. The lowest BCUT2D eigenvalue weighted by Gasteiger charge is -2.33. The molecular formula is C16H13ClF3N3O2S. The number of imidazole rings is 1. The van der Waals surface area contributed by atoms with E-state index in [1.54, 1.807) is 6.20 Å². The van der Waals surface area contributed by atoms with Crippen LogP contribution in [0.4, 0.5) is 13.2 Å². The summed E-state index contributed by atoms with van der Waals surface area (Å²) in [7, 11) is -3.81. The van der Waals surface area contributed by atoms with Gasteiger partial charge < -0.3 is 4.40 Å². The molecule has 10 heteroatoms. The van der Waals surface area contributed by atoms with Crippen LogP contribution in [-0.2, 0) is 15.8 Å². The van der Waals surface area contributed by atoms with Crippen LogP contribution in [-0.4, -0.2) is 35.6 Å². The van der Waals surface area contributed by atoms with Gasteiger partial charge >= 0.3 is 0 Å². The van der Waals surface area contributed by atoms with E-state index in [0.29, 0.717) is 0 Å². The molecule has 0 fully saturated rings. The van der Waals surface area contributed by atoms with Crippen LogP contribution in [0.5, 0.6) is 0 Å². The Morgan fingerprint density at radius 1 is 1.19 bits per heavy atom. The van der Waals surface area contributed by atoms with E-state index in [-0.39, 0.29) is 19.9 Å². The first kappa shape index (κ1) is 18.7. The van der Waals surface area contributed by atoms with E-state index in [9.17, 15) is 17.2 Å². The van der Waals surface area contributed by atoms with Crippen LogP contribution in [0, 0.1) is 0 Å². The van der Waals surface area contributed by atoms with Crippen LogP contribution in [0.2, 0.25) is 5.02 Å². The van der Waals surface area contributed by atoms with Crippen LogP contribution in [0.15, 0.2) is 59.9 Å². The highest BCUT2D eigenvalue weighted by atomic mass is 35.5. The zero-order valence-corrected chi connectivity index (χ0v) is 14.9. The standard InChI is InChI=1S/C16H13ClF3N3O2S/c1-22(16(20,15(18)19)11-2-4-12(17)5-3-11)26(24,25)13-6-8-23-9-7-21-14(23)10-13/h2-10,15H,1H3. The summed E-state index contributed by atoms with van der Waals surface area (Å²) in [6.07, 6.45) is 0.801. The van der Waals surface area contributed by atoms with Gasteiger partial charge in [-0.05, 0) is 18.2 Å². The van der Waals surface area contributed by atoms with Gasteiger partial charge in [0.25, 0.3) is 12.2 Å². The first-order valence-corrected chi connectivity index (χ1v) is 9.14. The van der Waals surface area contributed by atoms with E-state index in [1.165, 1.54) is 41.1 Å². The topological polar surface area (TPSA) is 54.7 Å². The van der Waals surface area contributed by atoms with Crippen molar-refractivity contribution in [3.05, 3.63) is 65.6 Å². The fraction of sp³-hybridized carbons (Fsp3) is 0.188. The molecule has 3 rings (SSSR count). The number of fused-ring (bicyclic) bond motifs is 1. The van der Waals surface area contributed by atoms with E-state index >= 15 is 4.39 Å². The number of rotatable bonds is 5. The Bertz CT molecular complexity index is 1040. The van der Waals surface area contributed by atoms with E-state index in [4.69, 9.17) is 11.6 Å². The van der Waals surface area contributed by atoms with Crippen molar-refractivity contribution in [2.24, 2.45) is 0 Å². The molecule has 26 heavy (non-hydrogen) atoms. The number of nitrogens with zero attached hydrogens (tertiary/aromatic N) is 3. The van der Waals surface area contributed by atoms with Crippen LogP contribution in [0.3, 0.4) is 0 Å². The van der Waals surface area contributed by atoms with Crippen molar-refractivity contribution >= 4 is 27.3 Å². The molecule has 138 valence electrons. The van der Waals surface area contributed by atoms with E-state index in [2.05, 4.69) is 4.98 Å². The third-order valence-electron chi connectivity index (χ3n) is 4.02. The van der Waals surface area contributed by atoms with Crippen LogP contribution < -0.4 is 0 Å². The molecule has 0 amide bonds. The Morgan fingerprint density at radius 2 is 1.85 bits per heavy atom. The molecule has 0 spiro atoms. The van der Waals surface area contributed by atoms with Crippen molar-refractivity contribution < 1.29 is 21.6 Å². The van der Waals surface area contributed by atoms with Gasteiger partial charge in [-0.2, -0.15) is 4.31 Å². The van der Waals surface area contributed by atoms with Gasteiger partial charge in [0.15, 0.2) is 0 Å². The summed E-state index contributed by atoms with van der Waals surface area (Å²) in [4.78, 5) is 3.59. The number of sulfonamides is 1. The number of alkyl halides is 3. The molecule has 5 nitrogen and oxygen atoms in total. The second-order valence-corrected chi connectivity index (χ2v) is 7.91. The minimum absolute atomic E-state index is 0.0304. The minimum Gasteiger partial charge on any atom is -0.307 e. The van der Waals surface area contributed by atoms with Gasteiger partial charge in [-0.15, -0.1) is 0 Å². The van der Waals surface area contributed by atoms with Crippen LogP contribution >= 0.6 is 11.6 Å². The summed E-state index contributed by atoms with van der Waals surface area (Å²) in [5.74, 6) is -3.56. The summed E-state index contributed by atoms with van der Waals surface area (Å²) in [6.45, 7) is 0. The Hall–Kier alpha value is -2.10. The molecule has 1 unspecified atom stereocenters. The number of pyridine rings is 1. The summed E-state index contributed by atoms with van der Waals surface area (Å²) in [5, 5.41) is 0.209. The Labute approximate surface area is 152 Å². The van der Waals surface area contributed by atoms with Gasteiger partial charge in [-0.1, -0.05) is 23.7 Å². The molecule has 0 aliphatic rings. The highest BCUT2D eigenvalue weighted by molar-refractivity contribution is 7.89. The highest BCUT2D eigenvalue weighted by Crippen LogP contribution is 2.39. The normalized spacial score (nSPS) is 14.9. The summed E-state index contributed by atoms with van der Waals surface area (Å²) < 4.78 is 69.7. The average Bonchev–Trinajstić information content (AvgIpc) is 3.08. The van der Waals surface area contributed by atoms with Crippen molar-refractivity contribution in [3.8, 4) is 0 Å². The molecule has 3 aromatic rings. The maximum Gasteiger partial charge on any atom is 0.290 e. The smallest absolute Gasteiger partial charge is 0.290 e. The van der Waals surface area contributed by atoms with Crippen molar-refractivity contribution in [2.45, 2.75) is 17.1 Å². The molecule has 0 radical (unpaired) electrons. The fourth-order valence-corrected chi connectivity index (χ4v) is 3.98. The summed E-state index contributed by atoms with van der Waals surface area (Å²) in [6, 6.07) is 6.85. The summed E-state index contributed by atoms with van der Waals surface area (Å²) >= 11 is 5.70. The van der Waals surface area contributed by atoms with Gasteiger partial charge in [0.1, 0.15) is 5.65 Å². The van der Waals surface area contributed by atoms with Gasteiger partial charge in [0.2, 0.25) is 10.0 Å². The highest BCUT2D eigenvalue weighted by Gasteiger charge is 2.51. The first-order chi connectivity index (χ1) is 12.2. The fourth-order valence-electron chi connectivity index (χ4n) is 2.51. The maximum absolute atomic E-state index is 15.3. The Balaban J connectivity index is 2.10. The number of halogens is 4. The number of aromatic nitrogens is 2. The lowest BCUT2D eigenvalue weighted by Crippen LogP contribution is -2.48. The minimum atomic E-state index is -4.58. The van der Waals surface area contributed by atoms with Gasteiger partial charge in [-0.25, -0.2) is 26.6 Å². The molecule has 0 aliphatic heterocycles. The third kappa shape index (κ3) is 2.95. The van der Waals surface area contributed by atoms with E-state index < -0.39 is 27.8 Å². The lowest BCUT2D eigenvalue weighted by atomic mass is 10.1. The third-order valence-corrected chi connectivity index (χ3v) is 6.11.